The Morgan fingerprint density at radius 1 is 0.514 bits per heavy atom. The fraction of sp³-hybridized carbons (Fsp3) is 0.675. The molecule has 109 heavy (non-hydrogen) atoms. The van der Waals surface area contributed by atoms with Gasteiger partial charge in [0, 0.05) is 59.5 Å². The number of nitrogens with zero attached hydrogens (tertiary/aromatic N) is 2. The SMILES string of the molecule is C.CCC(O)COC(=O)C1CCCCC1C(=O)OCC(O)CN(C)CCc1ccc(O)c(O)c1.CCOC(=O)C(Cc1ccc(O)cc1)N(C)CC(O)COC(=O)C1CCCCC1C(=O)OCC(O)CC.CO.CP.NCCc1ccc(O)c(O)c1.O=C(OCC1CO1)C1CCCCC1C(=O)OCC1CO1.[2H]PC.[Y]. The van der Waals surface area contributed by atoms with Crippen molar-refractivity contribution in [3.63, 3.8) is 0 Å². The number of hydrogen-bond acceptors (Lipinski definition) is 29. The van der Waals surface area contributed by atoms with Crippen LogP contribution in [0.2, 0.25) is 0 Å². The van der Waals surface area contributed by atoms with E-state index < -0.39 is 84.0 Å². The summed E-state index contributed by atoms with van der Waals surface area (Å²) >= 11 is 0. The van der Waals surface area contributed by atoms with E-state index in [1.54, 1.807) is 57.0 Å². The van der Waals surface area contributed by atoms with Gasteiger partial charge in [-0.25, -0.2) is 0 Å². The van der Waals surface area contributed by atoms with Gasteiger partial charge in [0.25, 0.3) is 0 Å². The summed E-state index contributed by atoms with van der Waals surface area (Å²) in [5, 5.41) is 93.5. The van der Waals surface area contributed by atoms with Crippen LogP contribution in [0.5, 0.6) is 28.7 Å². The molecule has 3 aromatic rings. The van der Waals surface area contributed by atoms with Crippen LogP contribution in [0.25, 0.3) is 0 Å². The van der Waals surface area contributed by atoms with E-state index in [1.807, 2.05) is 25.3 Å². The van der Waals surface area contributed by atoms with Gasteiger partial charge in [-0.1, -0.05) is 97.4 Å². The van der Waals surface area contributed by atoms with Crippen LogP contribution in [-0.2, 0) is 128 Å². The fourth-order valence-electron chi connectivity index (χ4n) is 11.8. The molecule has 15 atom stereocenters. The predicted octanol–water partition coefficient (Wildman–Crippen LogP) is 5.92. The predicted molar refractivity (Wildman–Crippen MR) is 411 cm³/mol. The molecule has 0 aromatic heterocycles. The summed E-state index contributed by atoms with van der Waals surface area (Å²) in [4.78, 5) is 90.6. The number of hydrogen-bond donors (Lipinski definition) is 11. The Morgan fingerprint density at radius 3 is 1.16 bits per heavy atom. The molecule has 32 heteroatoms. The second-order valence-electron chi connectivity index (χ2n) is 26.4. The maximum absolute atomic E-state index is 12.8. The molecule has 0 spiro atoms. The molecule has 5 aliphatic rings. The topological polar surface area (TPSA) is 444 Å². The van der Waals surface area contributed by atoms with Crippen LogP contribution >= 0.6 is 18.4 Å². The van der Waals surface area contributed by atoms with Crippen molar-refractivity contribution in [1.29, 1.82) is 1.28 Å². The van der Waals surface area contributed by atoms with Crippen molar-refractivity contribution in [2.45, 2.75) is 180 Å². The summed E-state index contributed by atoms with van der Waals surface area (Å²) in [6.07, 6.45) is 7.86. The van der Waals surface area contributed by atoms with Crippen molar-refractivity contribution in [2.75, 3.05) is 120 Å². The first-order valence-corrected chi connectivity index (χ1v) is 39.0. The smallest absolute Gasteiger partial charge is 0.323 e. The average Bonchev–Trinajstić information content (AvgIpc) is 0.921. The molecule has 12 N–H and O–H groups in total. The molecule has 3 aliphatic carbocycles. The quantitative estimate of drug-likeness (QED) is 0.0109. The molecule has 5 fully saturated rings. The zero-order valence-corrected chi connectivity index (χ0v) is 69.1. The van der Waals surface area contributed by atoms with Crippen molar-refractivity contribution in [3.8, 4) is 28.7 Å². The number of carbonyl (C=O) groups is 7. The normalized spacial score (nSPS) is 20.8. The standard InChI is InChI=1S/C27H41NO9.C24H37NO8.C14H20O6.C8H11NO2.CH4O.2CH5P.CH4.Y/c1-4-19(29)16-36-25(32)22-8-6-7-9-23(22)26(33)37-17-21(31)15-28(3)24(27(34)35-5-2)14-18-10-12-20(30)13-11-18;1-3-17(26)14-32-23(30)19-6-4-5-7-20(19)24(31)33-15-18(27)13-25(2)11-10-16-8-9-21(28)22(29)12-16;15-13(19-7-9-5-17-9)11-3-1-2-4-12(11)14(16)20-8-10-6-18-10;9-4-3-6-1-2-7(10)8(11)5-6;3*1-2;;/h10-13,19,21-24,29-31H,4-9,14-17H2,1-3H3;8-9,12,17-20,26-29H,3-7,10-11,13-15H2,1-2H3;9-12H,1-8H2;1-2,5,10-11H,3-4,9H2;2H,1H3;2*2H2,1H3;1H4;/i;;;;;2D;;;. The number of nitrogens with two attached hydrogens (primary N) is 1. The number of carbonyl (C=O) groups excluding carboxylic acids is 7. The zero-order valence-electron chi connectivity index (χ0n) is 65.1. The molecule has 3 saturated carbocycles. The number of aromatic hydroxyl groups is 5. The van der Waals surface area contributed by atoms with Crippen LogP contribution in [0.1, 0.15) is 135 Å². The number of likely N-dealkylation sites (N-methyl/N-ethyl adjacent to an activating group) is 2. The van der Waals surface area contributed by atoms with Crippen LogP contribution in [0.4, 0.5) is 0 Å². The molecule has 0 amide bonds. The molecular weight excluding hydrogens is 1530 g/mol. The summed E-state index contributed by atoms with van der Waals surface area (Å²) in [5.41, 5.74) is 7.90. The Bertz CT molecular complexity index is 3020. The molecule has 0 bridgehead atoms. The van der Waals surface area contributed by atoms with Gasteiger partial charge in [0.05, 0.1) is 68.8 Å². The minimum Gasteiger partial charge on any atom is -0.508 e. The summed E-state index contributed by atoms with van der Waals surface area (Å²) in [6, 6.07) is 15.2. The van der Waals surface area contributed by atoms with Crippen LogP contribution < -0.4 is 5.73 Å². The molecule has 1 radical (unpaired) electrons. The van der Waals surface area contributed by atoms with E-state index >= 15 is 0 Å². The Hall–Kier alpha value is -5.49. The number of aliphatic hydroxyl groups excluding tert-OH is 5. The van der Waals surface area contributed by atoms with Gasteiger partial charge in [0.2, 0.25) is 0 Å². The van der Waals surface area contributed by atoms with Crippen molar-refractivity contribution in [1.82, 2.24) is 9.80 Å². The molecule has 3 aromatic carbocycles. The molecule has 8 rings (SSSR count). The molecule has 2 aliphatic heterocycles. The number of phenolic OH excluding ortho intramolecular Hbond substituents is 5. The minimum absolute atomic E-state index is 0. The van der Waals surface area contributed by atoms with Crippen LogP contribution in [-0.4, -0.2) is 267 Å². The molecule has 15 unspecified atom stereocenters. The summed E-state index contributed by atoms with van der Waals surface area (Å²) < 4.78 is 53.0. The Balaban J connectivity index is 0.00000148. The maximum atomic E-state index is 12.8. The zero-order chi connectivity index (χ0) is 80.7. The fourth-order valence-corrected chi connectivity index (χ4v) is 11.8. The van der Waals surface area contributed by atoms with Gasteiger partial charge in [-0.3, -0.25) is 38.5 Å². The number of aliphatic hydroxyl groups is 5. The second-order valence-corrected chi connectivity index (χ2v) is 26.4. The van der Waals surface area contributed by atoms with Gasteiger partial charge in [0.15, 0.2) is 23.0 Å². The van der Waals surface area contributed by atoms with E-state index in [0.29, 0.717) is 119 Å². The summed E-state index contributed by atoms with van der Waals surface area (Å²) in [7, 11) is 7.24. The third kappa shape index (κ3) is 41.2. The van der Waals surface area contributed by atoms with Gasteiger partial charge in [-0.2, -0.15) is 0 Å². The number of epoxide rings is 2. The molecular formula is C77H127N3O26P2Y. The van der Waals surface area contributed by atoms with Gasteiger partial charge >= 0.3 is 41.8 Å². The van der Waals surface area contributed by atoms with Crippen LogP contribution in [0.3, 0.4) is 0 Å². The summed E-state index contributed by atoms with van der Waals surface area (Å²) in [6.45, 7) is 12.0. The van der Waals surface area contributed by atoms with E-state index in [0.717, 1.165) is 62.3 Å². The summed E-state index contributed by atoms with van der Waals surface area (Å²) in [5.74, 6) is -6.70. The number of rotatable bonds is 34. The molecule has 29 nitrogen and oxygen atoms in total. The number of benzene rings is 3. The van der Waals surface area contributed by atoms with Gasteiger partial charge < -0.3 is 104 Å². The Labute approximate surface area is 674 Å². The first-order valence-electron chi connectivity index (χ1n) is 37.4. The largest absolute Gasteiger partial charge is 0.508 e. The second kappa shape index (κ2) is 59.3. The minimum atomic E-state index is -1.07. The monoisotopic (exact) mass is 1660 g/mol. The van der Waals surface area contributed by atoms with Crippen molar-refractivity contribution in [2.24, 2.45) is 41.2 Å². The van der Waals surface area contributed by atoms with Crippen LogP contribution in [0.15, 0.2) is 60.7 Å². The van der Waals surface area contributed by atoms with Gasteiger partial charge in [0.1, 0.15) is 75.8 Å². The van der Waals surface area contributed by atoms with E-state index in [9.17, 15) is 69.3 Å². The Kier molecular flexibility index (Phi) is 55.2. The van der Waals surface area contributed by atoms with Crippen molar-refractivity contribution < 1.29 is 160 Å². The average molecular weight is 1660 g/mol. The number of ether oxygens (including phenoxy) is 9. The number of phenols is 5. The number of esters is 7. The van der Waals surface area contributed by atoms with Crippen molar-refractivity contribution in [3.05, 3.63) is 77.4 Å². The molecule has 619 valence electrons. The first kappa shape index (κ1) is 102. The van der Waals surface area contributed by atoms with Crippen LogP contribution in [0, 0.1) is 35.5 Å². The van der Waals surface area contributed by atoms with Crippen molar-refractivity contribution >= 4 is 60.2 Å². The van der Waals surface area contributed by atoms with E-state index in [2.05, 4.69) is 9.24 Å². The Morgan fingerprint density at radius 2 is 0.835 bits per heavy atom. The maximum Gasteiger partial charge on any atom is 0.323 e. The van der Waals surface area contributed by atoms with E-state index in [-0.39, 0.29) is 151 Å². The third-order valence-corrected chi connectivity index (χ3v) is 18.1. The molecule has 2 saturated heterocycles. The first-order chi connectivity index (χ1) is 51.7. The van der Waals surface area contributed by atoms with Gasteiger partial charge in [-0.05, 0) is 151 Å². The van der Waals surface area contributed by atoms with Gasteiger partial charge in [-0.15, -0.1) is 18.4 Å². The van der Waals surface area contributed by atoms with E-state index in [4.69, 9.17) is 65.0 Å². The van der Waals surface area contributed by atoms with E-state index in [1.165, 1.54) is 36.4 Å². The third-order valence-electron chi connectivity index (χ3n) is 18.1. The molecule has 2 heterocycles.